The van der Waals surface area contributed by atoms with E-state index in [-0.39, 0.29) is 0 Å². The van der Waals surface area contributed by atoms with Crippen molar-refractivity contribution in [3.63, 3.8) is 0 Å². The number of unbranched alkanes of at least 4 members (excludes halogenated alkanes) is 1. The van der Waals surface area contributed by atoms with Crippen LogP contribution < -0.4 is 0 Å². The van der Waals surface area contributed by atoms with Crippen LogP contribution in [0.5, 0.6) is 0 Å². The summed E-state index contributed by atoms with van der Waals surface area (Å²) in [5, 5.41) is 0. The average Bonchev–Trinajstić information content (AvgIpc) is 2.31. The number of hydrogen-bond acceptors (Lipinski definition) is 0. The Kier molecular flexibility index (Phi) is 3.62. The van der Waals surface area contributed by atoms with Crippen molar-refractivity contribution in [3.05, 3.63) is 0 Å². The lowest BCUT2D eigenvalue weighted by atomic mass is 9.73. The molecule has 0 radical (unpaired) electrons. The predicted octanol–water partition coefficient (Wildman–Crippen LogP) is 3.43. The van der Waals surface area contributed by atoms with Gasteiger partial charge < -0.3 is 0 Å². The standard InChI is InChI=1S/C8H16BCl/c1-2-3-4-8-5-6-9(10)7-8/h8H,2-7H2,1H3/t8-/m0/s1. The molecule has 2 heteroatoms. The van der Waals surface area contributed by atoms with E-state index in [1.165, 1.54) is 38.3 Å². The largest absolute Gasteiger partial charge is 0.250 e. The quantitative estimate of drug-likeness (QED) is 0.552. The highest BCUT2D eigenvalue weighted by Crippen LogP contribution is 2.31. The van der Waals surface area contributed by atoms with Gasteiger partial charge in [0.25, 0.3) is 6.13 Å². The van der Waals surface area contributed by atoms with Gasteiger partial charge in [-0.15, -0.1) is 0 Å². The smallest absolute Gasteiger partial charge is 0.196 e. The van der Waals surface area contributed by atoms with Gasteiger partial charge in [-0.05, 0) is 5.92 Å². The molecule has 0 spiro atoms. The van der Waals surface area contributed by atoms with Gasteiger partial charge in [-0.25, -0.2) is 0 Å². The summed E-state index contributed by atoms with van der Waals surface area (Å²) < 4.78 is 0. The Morgan fingerprint density at radius 2 is 2.40 bits per heavy atom. The van der Waals surface area contributed by atoms with Gasteiger partial charge >= 0.3 is 0 Å². The molecule has 0 aliphatic carbocycles. The first kappa shape index (κ1) is 8.45. The minimum atomic E-state index is 0.502. The van der Waals surface area contributed by atoms with Gasteiger partial charge in [-0.1, -0.05) is 45.2 Å². The Morgan fingerprint density at radius 3 is 2.90 bits per heavy atom. The van der Waals surface area contributed by atoms with Crippen LogP contribution in [0.15, 0.2) is 0 Å². The summed E-state index contributed by atoms with van der Waals surface area (Å²) in [6.07, 6.45) is 8.57. The fourth-order valence-corrected chi connectivity index (χ4v) is 2.15. The maximum absolute atomic E-state index is 5.99. The van der Waals surface area contributed by atoms with Gasteiger partial charge in [-0.3, -0.25) is 0 Å². The fraction of sp³-hybridized carbons (Fsp3) is 1.00. The van der Waals surface area contributed by atoms with Crippen molar-refractivity contribution in [1.82, 2.24) is 0 Å². The van der Waals surface area contributed by atoms with Gasteiger partial charge in [-0.2, -0.15) is 11.5 Å². The second kappa shape index (κ2) is 4.28. The van der Waals surface area contributed by atoms with E-state index in [9.17, 15) is 0 Å². The van der Waals surface area contributed by atoms with E-state index in [0.29, 0.717) is 6.13 Å². The SMILES string of the molecule is CCCC[C@H]1CCB(Cl)C1. The van der Waals surface area contributed by atoms with Crippen LogP contribution in [0.3, 0.4) is 0 Å². The molecule has 10 heavy (non-hydrogen) atoms. The summed E-state index contributed by atoms with van der Waals surface area (Å²) in [7, 11) is 0. The molecule has 1 aliphatic heterocycles. The molecule has 0 aromatic carbocycles. The molecule has 0 unspecified atom stereocenters. The molecule has 0 N–H and O–H groups in total. The predicted molar refractivity (Wildman–Crippen MR) is 48.9 cm³/mol. The zero-order valence-corrected chi connectivity index (χ0v) is 7.53. The Bertz CT molecular complexity index is 95.3. The molecule has 1 saturated heterocycles. The molecule has 0 nitrogen and oxygen atoms in total. The minimum Gasteiger partial charge on any atom is -0.196 e. The highest BCUT2D eigenvalue weighted by atomic mass is 35.5. The number of hydrogen-bond donors (Lipinski definition) is 0. The van der Waals surface area contributed by atoms with Crippen molar-refractivity contribution in [2.75, 3.05) is 0 Å². The highest BCUT2D eigenvalue weighted by Gasteiger charge is 2.25. The van der Waals surface area contributed by atoms with E-state index in [1.807, 2.05) is 0 Å². The Labute approximate surface area is 69.3 Å². The fourth-order valence-electron chi connectivity index (χ4n) is 1.77. The molecule has 0 amide bonds. The van der Waals surface area contributed by atoms with E-state index in [4.69, 9.17) is 11.5 Å². The highest BCUT2D eigenvalue weighted by molar-refractivity contribution is 7.07. The third-order valence-electron chi connectivity index (χ3n) is 2.44. The Hall–Kier alpha value is 0.355. The second-order valence-electron chi connectivity index (χ2n) is 3.42. The summed E-state index contributed by atoms with van der Waals surface area (Å²) in [5.74, 6) is 0.961. The summed E-state index contributed by atoms with van der Waals surface area (Å²) >= 11 is 5.99. The maximum Gasteiger partial charge on any atom is 0.250 e. The zero-order valence-electron chi connectivity index (χ0n) is 6.78. The molecule has 0 aromatic rings. The molecule has 0 aromatic heterocycles. The first-order valence-electron chi connectivity index (χ1n) is 4.47. The molecule has 0 saturated carbocycles. The van der Waals surface area contributed by atoms with Crippen LogP contribution in [0.2, 0.25) is 12.6 Å². The van der Waals surface area contributed by atoms with Crippen molar-refractivity contribution in [2.45, 2.75) is 45.2 Å². The topological polar surface area (TPSA) is 0 Å². The number of halogens is 1. The van der Waals surface area contributed by atoms with E-state index in [0.717, 1.165) is 5.92 Å². The lowest BCUT2D eigenvalue weighted by Gasteiger charge is -2.06. The molecule has 1 heterocycles. The summed E-state index contributed by atoms with van der Waals surface area (Å²) in [6.45, 7) is 2.26. The zero-order chi connectivity index (χ0) is 7.40. The maximum atomic E-state index is 5.99. The number of rotatable bonds is 3. The lowest BCUT2D eigenvalue weighted by molar-refractivity contribution is 0.511. The Morgan fingerprint density at radius 1 is 1.60 bits per heavy atom. The third-order valence-corrected chi connectivity index (χ3v) is 2.84. The van der Waals surface area contributed by atoms with Crippen molar-refractivity contribution >= 4 is 17.6 Å². The molecular formula is C8H16BCl. The average molecular weight is 158 g/mol. The van der Waals surface area contributed by atoms with Crippen LogP contribution in [-0.2, 0) is 0 Å². The monoisotopic (exact) mass is 158 g/mol. The van der Waals surface area contributed by atoms with Crippen LogP contribution in [0.4, 0.5) is 0 Å². The van der Waals surface area contributed by atoms with Crippen molar-refractivity contribution in [1.29, 1.82) is 0 Å². The van der Waals surface area contributed by atoms with Gasteiger partial charge in [0.05, 0.1) is 0 Å². The lowest BCUT2D eigenvalue weighted by Crippen LogP contribution is -1.96. The third kappa shape index (κ3) is 2.53. The van der Waals surface area contributed by atoms with Crippen LogP contribution in [0, 0.1) is 5.92 Å². The van der Waals surface area contributed by atoms with Gasteiger partial charge in [0, 0.05) is 0 Å². The van der Waals surface area contributed by atoms with Crippen LogP contribution in [-0.4, -0.2) is 6.13 Å². The molecule has 58 valence electrons. The first-order valence-corrected chi connectivity index (χ1v) is 4.90. The van der Waals surface area contributed by atoms with E-state index < -0.39 is 0 Å². The normalized spacial score (nSPS) is 25.8. The van der Waals surface area contributed by atoms with Crippen molar-refractivity contribution in [2.24, 2.45) is 5.92 Å². The summed E-state index contributed by atoms with van der Waals surface area (Å²) in [4.78, 5) is 0. The summed E-state index contributed by atoms with van der Waals surface area (Å²) in [5.41, 5.74) is 0. The van der Waals surface area contributed by atoms with Crippen molar-refractivity contribution in [3.8, 4) is 0 Å². The van der Waals surface area contributed by atoms with Crippen molar-refractivity contribution < 1.29 is 0 Å². The van der Waals surface area contributed by atoms with E-state index in [1.54, 1.807) is 0 Å². The first-order chi connectivity index (χ1) is 4.83. The molecule has 1 rings (SSSR count). The van der Waals surface area contributed by atoms with E-state index in [2.05, 4.69) is 6.92 Å². The van der Waals surface area contributed by atoms with Crippen LogP contribution >= 0.6 is 11.5 Å². The molecular weight excluding hydrogens is 142 g/mol. The second-order valence-corrected chi connectivity index (χ2v) is 4.04. The van der Waals surface area contributed by atoms with Gasteiger partial charge in [0.2, 0.25) is 0 Å². The minimum absolute atomic E-state index is 0.502. The summed E-state index contributed by atoms with van der Waals surface area (Å²) in [6, 6.07) is 0. The molecule has 1 aliphatic rings. The van der Waals surface area contributed by atoms with Gasteiger partial charge in [0.1, 0.15) is 0 Å². The van der Waals surface area contributed by atoms with E-state index >= 15 is 0 Å². The van der Waals surface area contributed by atoms with Gasteiger partial charge in [0.15, 0.2) is 0 Å². The molecule has 0 bridgehead atoms. The molecule has 1 fully saturated rings. The Balaban J connectivity index is 2.06. The molecule has 1 atom stereocenters. The van der Waals surface area contributed by atoms with Crippen LogP contribution in [0.1, 0.15) is 32.6 Å². The van der Waals surface area contributed by atoms with Crippen LogP contribution in [0.25, 0.3) is 0 Å².